The van der Waals surface area contributed by atoms with Crippen LogP contribution in [0.5, 0.6) is 5.75 Å². The van der Waals surface area contributed by atoms with Gasteiger partial charge < -0.3 is 19.9 Å². The summed E-state index contributed by atoms with van der Waals surface area (Å²) in [5, 5.41) is 12.3. The lowest BCUT2D eigenvalue weighted by Crippen LogP contribution is -2.57. The van der Waals surface area contributed by atoms with Gasteiger partial charge in [-0.15, -0.1) is 0 Å². The molecule has 0 radical (unpaired) electrons. The molecule has 2 bridgehead atoms. The van der Waals surface area contributed by atoms with Crippen LogP contribution in [-0.2, 0) is 4.79 Å². The molecule has 2 aliphatic rings. The molecule has 1 amide bonds. The summed E-state index contributed by atoms with van der Waals surface area (Å²) in [5.41, 5.74) is 1.41. The van der Waals surface area contributed by atoms with E-state index in [4.69, 9.17) is 10.00 Å². The fourth-order valence-electron chi connectivity index (χ4n) is 4.81. The van der Waals surface area contributed by atoms with Gasteiger partial charge >= 0.3 is 0 Å². The quantitative estimate of drug-likeness (QED) is 0.749. The predicted octanol–water partition coefficient (Wildman–Crippen LogP) is 2.88. The first kappa shape index (κ1) is 22.0. The van der Waals surface area contributed by atoms with Crippen molar-refractivity contribution in [3.63, 3.8) is 0 Å². The average Bonchev–Trinajstić information content (AvgIpc) is 3.01. The Labute approximate surface area is 187 Å². The highest BCUT2D eigenvalue weighted by atomic mass is 19.1. The van der Waals surface area contributed by atoms with Crippen LogP contribution in [-0.4, -0.2) is 54.6 Å². The van der Waals surface area contributed by atoms with Gasteiger partial charge in [-0.1, -0.05) is 13.0 Å². The van der Waals surface area contributed by atoms with Crippen LogP contribution in [0, 0.1) is 23.1 Å². The van der Waals surface area contributed by atoms with Crippen molar-refractivity contribution >= 4 is 11.7 Å². The maximum absolute atomic E-state index is 13.7. The molecule has 2 saturated heterocycles. The molecule has 3 heterocycles. The predicted molar refractivity (Wildman–Crippen MR) is 119 cm³/mol. The zero-order chi connectivity index (χ0) is 22.8. The van der Waals surface area contributed by atoms with Crippen LogP contribution in [0.1, 0.15) is 37.4 Å². The van der Waals surface area contributed by atoms with E-state index < -0.39 is 5.82 Å². The largest absolute Gasteiger partial charge is 0.494 e. The van der Waals surface area contributed by atoms with Crippen molar-refractivity contribution in [2.75, 3.05) is 31.6 Å². The third-order valence-electron chi connectivity index (χ3n) is 6.62. The van der Waals surface area contributed by atoms with Gasteiger partial charge in [-0.3, -0.25) is 4.79 Å². The van der Waals surface area contributed by atoms with Crippen LogP contribution < -0.4 is 15.0 Å². The van der Waals surface area contributed by atoms with Gasteiger partial charge in [0, 0.05) is 31.4 Å². The van der Waals surface area contributed by atoms with Gasteiger partial charge in [0.1, 0.15) is 11.9 Å². The van der Waals surface area contributed by atoms with Crippen molar-refractivity contribution in [2.45, 2.75) is 38.4 Å². The van der Waals surface area contributed by atoms with Crippen LogP contribution >= 0.6 is 0 Å². The number of ether oxygens (including phenoxy) is 1. The Hall–Kier alpha value is -3.18. The second-order valence-electron chi connectivity index (χ2n) is 8.65. The second kappa shape index (κ2) is 9.13. The number of carbonyl (C=O) groups is 1. The fourth-order valence-corrected chi connectivity index (χ4v) is 4.81. The Morgan fingerprint density at radius 1 is 1.38 bits per heavy atom. The molecule has 0 spiro atoms. The van der Waals surface area contributed by atoms with E-state index in [0.29, 0.717) is 24.6 Å². The molecule has 0 aliphatic carbocycles. The minimum atomic E-state index is -0.404. The number of carbonyl (C=O) groups excluding carboxylic acids is 1. The number of nitriles is 1. The number of aromatic nitrogens is 1. The van der Waals surface area contributed by atoms with Crippen molar-refractivity contribution in [3.8, 4) is 11.8 Å². The number of piperazine rings is 1. The first-order valence-corrected chi connectivity index (χ1v) is 10.9. The smallest absolute Gasteiger partial charge is 0.236 e. The lowest BCUT2D eigenvalue weighted by atomic mass is 10.0. The highest BCUT2D eigenvalue weighted by Gasteiger charge is 2.45. The third-order valence-corrected chi connectivity index (χ3v) is 6.62. The number of halogens is 1. The molecule has 4 atom stereocenters. The number of methoxy groups -OCH3 is 1. The van der Waals surface area contributed by atoms with Crippen molar-refractivity contribution in [1.82, 2.24) is 15.2 Å². The number of rotatable bonds is 6. The maximum atomic E-state index is 13.7. The summed E-state index contributed by atoms with van der Waals surface area (Å²) < 4.78 is 18.7. The summed E-state index contributed by atoms with van der Waals surface area (Å²) in [5.74, 6) is 1.17. The summed E-state index contributed by atoms with van der Waals surface area (Å²) in [6.07, 6.45) is 2.61. The minimum Gasteiger partial charge on any atom is -0.494 e. The molecule has 0 saturated carbocycles. The SMILES string of the molecule is COc1cc(C(C)NCC(=O)N2CC3C[C@@H](C)C(C2)N3c2ccc(C#N)cn2)ccc1F. The van der Waals surface area contributed by atoms with E-state index in [1.165, 1.54) is 13.2 Å². The lowest BCUT2D eigenvalue weighted by Gasteiger charge is -2.42. The second-order valence-corrected chi connectivity index (χ2v) is 8.65. The van der Waals surface area contributed by atoms with Gasteiger partial charge in [0.25, 0.3) is 0 Å². The van der Waals surface area contributed by atoms with E-state index in [0.717, 1.165) is 17.8 Å². The Kier molecular flexibility index (Phi) is 6.28. The van der Waals surface area contributed by atoms with Crippen molar-refractivity contribution in [2.24, 2.45) is 5.92 Å². The van der Waals surface area contributed by atoms with Crippen molar-refractivity contribution in [1.29, 1.82) is 5.26 Å². The first-order chi connectivity index (χ1) is 15.4. The summed E-state index contributed by atoms with van der Waals surface area (Å²) >= 11 is 0. The Bertz CT molecular complexity index is 1020. The number of nitrogens with zero attached hydrogens (tertiary/aromatic N) is 4. The number of hydrogen-bond donors (Lipinski definition) is 1. The number of likely N-dealkylation sites (tertiary alicyclic amines) is 1. The highest BCUT2D eigenvalue weighted by Crippen LogP contribution is 2.37. The molecule has 8 heteroatoms. The monoisotopic (exact) mass is 437 g/mol. The van der Waals surface area contributed by atoms with Crippen LogP contribution in [0.4, 0.5) is 10.2 Å². The number of nitrogens with one attached hydrogen (secondary N) is 1. The van der Waals surface area contributed by atoms with Gasteiger partial charge in [-0.05, 0) is 49.1 Å². The van der Waals surface area contributed by atoms with E-state index >= 15 is 0 Å². The minimum absolute atomic E-state index is 0.0578. The molecule has 1 aromatic heterocycles. The van der Waals surface area contributed by atoms with E-state index in [9.17, 15) is 9.18 Å². The summed E-state index contributed by atoms with van der Waals surface area (Å²) in [4.78, 5) is 21.7. The number of fused-ring (bicyclic) bond motifs is 2. The Balaban J connectivity index is 1.38. The summed E-state index contributed by atoms with van der Waals surface area (Å²) in [7, 11) is 1.44. The number of anilines is 1. The molecule has 2 aliphatic heterocycles. The molecule has 4 rings (SSSR count). The fraction of sp³-hybridized carbons (Fsp3) is 0.458. The van der Waals surface area contributed by atoms with Crippen LogP contribution in [0.25, 0.3) is 0 Å². The number of hydrogen-bond acceptors (Lipinski definition) is 6. The molecule has 1 aromatic carbocycles. The van der Waals surface area contributed by atoms with Gasteiger partial charge in [0.15, 0.2) is 11.6 Å². The van der Waals surface area contributed by atoms with E-state index in [2.05, 4.69) is 28.2 Å². The van der Waals surface area contributed by atoms with Gasteiger partial charge in [0.05, 0.1) is 25.3 Å². The molecule has 32 heavy (non-hydrogen) atoms. The molecular weight excluding hydrogens is 409 g/mol. The lowest BCUT2D eigenvalue weighted by molar-refractivity contribution is -0.131. The molecule has 2 fully saturated rings. The standard InChI is InChI=1S/C24H28FN5O2/c1-15-8-19-13-29(14-21(15)30(19)23-7-4-17(10-26)11-28-23)24(31)12-27-16(2)18-5-6-20(25)22(9-18)32-3/h4-7,9,11,15-16,19,21,27H,8,12-14H2,1-3H3/t15-,16?,19?,21?/m1/s1. The van der Waals surface area contributed by atoms with Crippen molar-refractivity contribution < 1.29 is 13.9 Å². The zero-order valence-corrected chi connectivity index (χ0v) is 18.6. The molecule has 3 unspecified atom stereocenters. The molecule has 7 nitrogen and oxygen atoms in total. The first-order valence-electron chi connectivity index (χ1n) is 10.9. The van der Waals surface area contributed by atoms with E-state index in [-0.39, 0.29) is 36.3 Å². The third kappa shape index (κ3) is 4.26. The zero-order valence-electron chi connectivity index (χ0n) is 18.6. The molecule has 1 N–H and O–H groups in total. The van der Waals surface area contributed by atoms with Gasteiger partial charge in [-0.2, -0.15) is 5.26 Å². The summed E-state index contributed by atoms with van der Waals surface area (Å²) in [6, 6.07) is 10.8. The highest BCUT2D eigenvalue weighted by molar-refractivity contribution is 5.79. The Morgan fingerprint density at radius 3 is 2.84 bits per heavy atom. The summed E-state index contributed by atoms with van der Waals surface area (Å²) in [6.45, 7) is 5.68. The number of pyridine rings is 1. The number of benzene rings is 1. The van der Waals surface area contributed by atoms with Crippen LogP contribution in [0.2, 0.25) is 0 Å². The average molecular weight is 438 g/mol. The van der Waals surface area contributed by atoms with E-state index in [1.807, 2.05) is 17.9 Å². The van der Waals surface area contributed by atoms with E-state index in [1.54, 1.807) is 24.4 Å². The van der Waals surface area contributed by atoms with Gasteiger partial charge in [-0.25, -0.2) is 9.37 Å². The number of amides is 1. The Morgan fingerprint density at radius 2 is 2.19 bits per heavy atom. The normalized spacial score (nSPS) is 23.0. The molecule has 2 aromatic rings. The van der Waals surface area contributed by atoms with Gasteiger partial charge in [0.2, 0.25) is 5.91 Å². The maximum Gasteiger partial charge on any atom is 0.236 e. The molecule has 168 valence electrons. The topological polar surface area (TPSA) is 81.5 Å². The van der Waals surface area contributed by atoms with Crippen molar-refractivity contribution in [3.05, 3.63) is 53.5 Å². The molecular formula is C24H28FN5O2. The van der Waals surface area contributed by atoms with Crippen LogP contribution in [0.15, 0.2) is 36.5 Å². The van der Waals surface area contributed by atoms with Crippen LogP contribution in [0.3, 0.4) is 0 Å².